The lowest BCUT2D eigenvalue weighted by Crippen LogP contribution is -2.51. The molecule has 1 aromatic rings. The number of halogens is 1. The third-order valence-electron chi connectivity index (χ3n) is 4.24. The van der Waals surface area contributed by atoms with Gasteiger partial charge in [0.15, 0.2) is 17.7 Å². The number of ether oxygens (including phenoxy) is 1. The molecule has 0 radical (unpaired) electrons. The molecule has 0 bridgehead atoms. The Morgan fingerprint density at radius 1 is 1.36 bits per heavy atom. The monoisotopic (exact) mass is 308 g/mol. The van der Waals surface area contributed by atoms with Crippen molar-refractivity contribution < 1.29 is 13.9 Å². The average Bonchev–Trinajstić information content (AvgIpc) is 3.09. The maximum atomic E-state index is 14.4. The van der Waals surface area contributed by atoms with Crippen LogP contribution in [0.4, 0.5) is 10.2 Å². The highest BCUT2D eigenvalue weighted by Crippen LogP contribution is 2.22. The Morgan fingerprint density at radius 3 is 2.86 bits per heavy atom. The summed E-state index contributed by atoms with van der Waals surface area (Å²) < 4.78 is 20.0. The first-order valence-electron chi connectivity index (χ1n) is 7.85. The van der Waals surface area contributed by atoms with E-state index in [2.05, 4.69) is 9.97 Å². The minimum absolute atomic E-state index is 0.00683. The molecule has 1 amide bonds. The molecule has 1 atom stereocenters. The molecule has 1 unspecified atom stereocenters. The molecule has 2 saturated heterocycles. The largest absolute Gasteiger partial charge is 0.365 e. The number of aryl methyl sites for hydroxylation is 1. The lowest BCUT2D eigenvalue weighted by atomic mass is 10.2. The van der Waals surface area contributed by atoms with Gasteiger partial charge in [0.2, 0.25) is 0 Å². The summed E-state index contributed by atoms with van der Waals surface area (Å²) in [6, 6.07) is 0. The van der Waals surface area contributed by atoms with E-state index in [1.807, 2.05) is 11.8 Å². The zero-order valence-corrected chi connectivity index (χ0v) is 12.8. The molecule has 120 valence electrons. The molecule has 1 aromatic heterocycles. The average molecular weight is 308 g/mol. The summed E-state index contributed by atoms with van der Waals surface area (Å²) in [7, 11) is 0. The van der Waals surface area contributed by atoms with Crippen molar-refractivity contribution in [2.75, 3.05) is 37.7 Å². The molecule has 6 nitrogen and oxygen atoms in total. The topological polar surface area (TPSA) is 58.6 Å². The van der Waals surface area contributed by atoms with E-state index in [9.17, 15) is 9.18 Å². The van der Waals surface area contributed by atoms with E-state index in [0.29, 0.717) is 31.8 Å². The van der Waals surface area contributed by atoms with Crippen LogP contribution < -0.4 is 4.90 Å². The number of amides is 1. The number of carbonyl (C=O) groups is 1. The molecule has 2 aliphatic rings. The standard InChI is InChI=1S/C15H21FN4O2/c1-2-11-13(16)14(18-10-17-11)20-7-8-22-12(9-20)15(21)19-5-3-4-6-19/h10,12H,2-9H2,1H3. The van der Waals surface area contributed by atoms with Crippen LogP contribution in [0, 0.1) is 5.82 Å². The first kappa shape index (κ1) is 15.1. The van der Waals surface area contributed by atoms with Gasteiger partial charge in [-0.1, -0.05) is 6.92 Å². The van der Waals surface area contributed by atoms with Crippen molar-refractivity contribution in [3.05, 3.63) is 17.8 Å². The number of hydrogen-bond acceptors (Lipinski definition) is 5. The first-order chi connectivity index (χ1) is 10.7. The Hall–Kier alpha value is -1.76. The highest BCUT2D eigenvalue weighted by molar-refractivity contribution is 5.82. The predicted molar refractivity (Wildman–Crippen MR) is 79.1 cm³/mol. The van der Waals surface area contributed by atoms with Gasteiger partial charge >= 0.3 is 0 Å². The molecule has 2 fully saturated rings. The number of carbonyl (C=O) groups excluding carboxylic acids is 1. The van der Waals surface area contributed by atoms with Crippen LogP contribution in [-0.4, -0.2) is 59.7 Å². The minimum Gasteiger partial charge on any atom is -0.365 e. The zero-order valence-electron chi connectivity index (χ0n) is 12.8. The second-order valence-corrected chi connectivity index (χ2v) is 5.65. The van der Waals surface area contributed by atoms with E-state index in [4.69, 9.17) is 4.74 Å². The van der Waals surface area contributed by atoms with Crippen molar-refractivity contribution in [1.29, 1.82) is 0 Å². The van der Waals surface area contributed by atoms with Crippen LogP contribution in [0.25, 0.3) is 0 Å². The summed E-state index contributed by atoms with van der Waals surface area (Å²) >= 11 is 0. The van der Waals surface area contributed by atoms with Crippen molar-refractivity contribution in [3.63, 3.8) is 0 Å². The second-order valence-electron chi connectivity index (χ2n) is 5.65. The Kier molecular flexibility index (Phi) is 4.52. The quantitative estimate of drug-likeness (QED) is 0.834. The van der Waals surface area contributed by atoms with Crippen LogP contribution in [-0.2, 0) is 16.0 Å². The van der Waals surface area contributed by atoms with Crippen LogP contribution in [0.15, 0.2) is 6.33 Å². The fraction of sp³-hybridized carbons (Fsp3) is 0.667. The highest BCUT2D eigenvalue weighted by Gasteiger charge is 2.33. The fourth-order valence-corrected chi connectivity index (χ4v) is 2.99. The number of likely N-dealkylation sites (tertiary alicyclic amines) is 1. The van der Waals surface area contributed by atoms with Crippen LogP contribution in [0.3, 0.4) is 0 Å². The summed E-state index contributed by atoms with van der Waals surface area (Å²) in [4.78, 5) is 24.1. The number of rotatable bonds is 3. The summed E-state index contributed by atoms with van der Waals surface area (Å²) in [6.07, 6.45) is 3.45. The van der Waals surface area contributed by atoms with E-state index in [1.165, 1.54) is 6.33 Å². The lowest BCUT2D eigenvalue weighted by molar-refractivity contribution is -0.143. The van der Waals surface area contributed by atoms with Gasteiger partial charge in [0.1, 0.15) is 6.33 Å². The van der Waals surface area contributed by atoms with Gasteiger partial charge in [-0.3, -0.25) is 4.79 Å². The molecule has 0 aromatic carbocycles. The number of morpholine rings is 1. The number of hydrogen-bond donors (Lipinski definition) is 0. The van der Waals surface area contributed by atoms with E-state index >= 15 is 0 Å². The van der Waals surface area contributed by atoms with Crippen molar-refractivity contribution in [2.45, 2.75) is 32.3 Å². The Morgan fingerprint density at radius 2 is 2.14 bits per heavy atom. The van der Waals surface area contributed by atoms with Crippen LogP contribution >= 0.6 is 0 Å². The fourth-order valence-electron chi connectivity index (χ4n) is 2.99. The normalized spacial score (nSPS) is 22.2. The number of anilines is 1. The Balaban J connectivity index is 1.74. The van der Waals surface area contributed by atoms with Gasteiger partial charge in [0.05, 0.1) is 18.8 Å². The molecule has 0 spiro atoms. The van der Waals surface area contributed by atoms with E-state index < -0.39 is 6.10 Å². The molecular formula is C15H21FN4O2. The Labute approximate surface area is 129 Å². The molecule has 3 heterocycles. The molecule has 0 saturated carbocycles. The zero-order chi connectivity index (χ0) is 15.5. The van der Waals surface area contributed by atoms with Crippen molar-refractivity contribution in [1.82, 2.24) is 14.9 Å². The predicted octanol–water partition coefficient (Wildman–Crippen LogP) is 1.01. The molecule has 22 heavy (non-hydrogen) atoms. The van der Waals surface area contributed by atoms with E-state index in [0.717, 1.165) is 25.9 Å². The van der Waals surface area contributed by atoms with Gasteiger partial charge < -0.3 is 14.5 Å². The molecule has 0 N–H and O–H groups in total. The van der Waals surface area contributed by atoms with Crippen LogP contribution in [0.5, 0.6) is 0 Å². The van der Waals surface area contributed by atoms with E-state index in [1.54, 1.807) is 4.90 Å². The van der Waals surface area contributed by atoms with E-state index in [-0.39, 0.29) is 17.5 Å². The summed E-state index contributed by atoms with van der Waals surface area (Å²) in [6.45, 7) is 4.71. The molecule has 7 heteroatoms. The van der Waals surface area contributed by atoms with Gasteiger partial charge in [0.25, 0.3) is 5.91 Å². The lowest BCUT2D eigenvalue weighted by Gasteiger charge is -2.34. The van der Waals surface area contributed by atoms with Gasteiger partial charge in [-0.15, -0.1) is 0 Å². The van der Waals surface area contributed by atoms with Gasteiger partial charge in [-0.25, -0.2) is 14.4 Å². The van der Waals surface area contributed by atoms with Gasteiger partial charge in [-0.2, -0.15) is 0 Å². The third kappa shape index (κ3) is 2.90. The highest BCUT2D eigenvalue weighted by atomic mass is 19.1. The number of nitrogens with zero attached hydrogens (tertiary/aromatic N) is 4. The molecular weight excluding hydrogens is 287 g/mol. The summed E-state index contributed by atoms with van der Waals surface area (Å²) in [5.74, 6) is -0.110. The Bertz CT molecular complexity index is 548. The van der Waals surface area contributed by atoms with Crippen molar-refractivity contribution in [2.24, 2.45) is 0 Å². The SMILES string of the molecule is CCc1ncnc(N2CCOC(C(=O)N3CCCC3)C2)c1F. The minimum atomic E-state index is -0.536. The smallest absolute Gasteiger partial charge is 0.253 e. The maximum Gasteiger partial charge on any atom is 0.253 e. The second kappa shape index (κ2) is 6.56. The maximum absolute atomic E-state index is 14.4. The number of aromatic nitrogens is 2. The van der Waals surface area contributed by atoms with Gasteiger partial charge in [0, 0.05) is 19.6 Å². The molecule has 0 aliphatic carbocycles. The summed E-state index contributed by atoms with van der Waals surface area (Å²) in [5.41, 5.74) is 0.402. The van der Waals surface area contributed by atoms with Crippen LogP contribution in [0.2, 0.25) is 0 Å². The van der Waals surface area contributed by atoms with Gasteiger partial charge in [-0.05, 0) is 19.3 Å². The third-order valence-corrected chi connectivity index (χ3v) is 4.24. The summed E-state index contributed by atoms with van der Waals surface area (Å²) in [5, 5.41) is 0. The molecule has 2 aliphatic heterocycles. The van der Waals surface area contributed by atoms with Crippen LogP contribution in [0.1, 0.15) is 25.5 Å². The van der Waals surface area contributed by atoms with Crippen molar-refractivity contribution in [3.8, 4) is 0 Å². The molecule has 3 rings (SSSR count). The van der Waals surface area contributed by atoms with Crippen molar-refractivity contribution >= 4 is 11.7 Å². The first-order valence-corrected chi connectivity index (χ1v) is 7.85.